The second kappa shape index (κ2) is 5.85. The van der Waals surface area contributed by atoms with E-state index in [2.05, 4.69) is 34.6 Å². The summed E-state index contributed by atoms with van der Waals surface area (Å²) in [4.78, 5) is 4.02. The van der Waals surface area contributed by atoms with Gasteiger partial charge in [0, 0.05) is 18.8 Å². The molecule has 3 nitrogen and oxygen atoms in total. The summed E-state index contributed by atoms with van der Waals surface area (Å²) in [7, 11) is 0. The zero-order valence-corrected chi connectivity index (χ0v) is 10.9. The zero-order valence-electron chi connectivity index (χ0n) is 10.9. The summed E-state index contributed by atoms with van der Waals surface area (Å²) in [5.41, 5.74) is 2.51. The van der Waals surface area contributed by atoms with Gasteiger partial charge in [-0.05, 0) is 36.1 Å². The summed E-state index contributed by atoms with van der Waals surface area (Å²) in [6.07, 6.45) is 6.14. The Morgan fingerprint density at radius 2 is 1.89 bits per heavy atom. The fraction of sp³-hybridized carbons (Fsp3) is 0.312. The van der Waals surface area contributed by atoms with Gasteiger partial charge in [-0.2, -0.15) is 0 Å². The lowest BCUT2D eigenvalue weighted by molar-refractivity contribution is 0.305. The number of aromatic nitrogens is 1. The fourth-order valence-corrected chi connectivity index (χ4v) is 1.90. The average Bonchev–Trinajstić information content (AvgIpc) is 3.29. The number of hydrogen-bond donors (Lipinski definition) is 1. The summed E-state index contributed by atoms with van der Waals surface area (Å²) in [6, 6.07) is 13.1. The van der Waals surface area contributed by atoms with Crippen LogP contribution >= 0.6 is 0 Å². The molecular weight excluding hydrogens is 236 g/mol. The van der Waals surface area contributed by atoms with Crippen molar-refractivity contribution >= 4 is 0 Å². The Hall–Kier alpha value is -1.87. The van der Waals surface area contributed by atoms with Crippen molar-refractivity contribution in [2.75, 3.05) is 0 Å². The molecule has 1 aliphatic rings. The molecule has 1 aliphatic carbocycles. The minimum absolute atomic E-state index is 0.585. The molecule has 0 bridgehead atoms. The van der Waals surface area contributed by atoms with E-state index in [9.17, 15) is 0 Å². The van der Waals surface area contributed by atoms with Crippen molar-refractivity contribution in [2.45, 2.75) is 32.0 Å². The lowest BCUT2D eigenvalue weighted by Crippen LogP contribution is -2.15. The maximum Gasteiger partial charge on any atom is 0.138 e. The topological polar surface area (TPSA) is 34.1 Å². The summed E-state index contributed by atoms with van der Waals surface area (Å²) in [5.74, 6) is 0.807. The van der Waals surface area contributed by atoms with E-state index in [4.69, 9.17) is 4.74 Å². The van der Waals surface area contributed by atoms with E-state index < -0.39 is 0 Å². The number of nitrogens with zero attached hydrogens (tertiary/aromatic N) is 1. The first-order valence-electron chi connectivity index (χ1n) is 6.74. The van der Waals surface area contributed by atoms with Crippen LogP contribution in [0, 0.1) is 0 Å². The first-order chi connectivity index (χ1) is 9.40. The van der Waals surface area contributed by atoms with E-state index in [0.717, 1.165) is 18.3 Å². The van der Waals surface area contributed by atoms with Crippen LogP contribution in [0.4, 0.5) is 0 Å². The van der Waals surface area contributed by atoms with Crippen molar-refractivity contribution in [3.63, 3.8) is 0 Å². The van der Waals surface area contributed by atoms with E-state index >= 15 is 0 Å². The molecule has 2 aromatic rings. The predicted molar refractivity (Wildman–Crippen MR) is 74.9 cm³/mol. The Kier molecular flexibility index (Phi) is 3.75. The van der Waals surface area contributed by atoms with Gasteiger partial charge in [-0.3, -0.25) is 4.98 Å². The van der Waals surface area contributed by atoms with Crippen LogP contribution in [0.15, 0.2) is 48.8 Å². The Morgan fingerprint density at radius 1 is 1.11 bits per heavy atom. The van der Waals surface area contributed by atoms with E-state index in [1.165, 1.54) is 24.0 Å². The quantitative estimate of drug-likeness (QED) is 0.860. The lowest BCUT2D eigenvalue weighted by Gasteiger charge is -2.07. The molecule has 3 heteroatoms. The Balaban J connectivity index is 1.50. The first-order valence-corrected chi connectivity index (χ1v) is 6.74. The second-order valence-corrected chi connectivity index (χ2v) is 4.95. The highest BCUT2D eigenvalue weighted by molar-refractivity contribution is 5.23. The van der Waals surface area contributed by atoms with E-state index in [1.807, 2.05) is 12.1 Å². The smallest absolute Gasteiger partial charge is 0.138 e. The van der Waals surface area contributed by atoms with Crippen LogP contribution in [-0.2, 0) is 13.2 Å². The number of ether oxygens (including phenoxy) is 1. The molecule has 1 heterocycles. The molecule has 1 saturated carbocycles. The van der Waals surface area contributed by atoms with Crippen LogP contribution in [0.25, 0.3) is 0 Å². The molecule has 0 unspecified atom stereocenters. The first kappa shape index (κ1) is 12.2. The lowest BCUT2D eigenvalue weighted by atomic mass is 10.1. The monoisotopic (exact) mass is 254 g/mol. The molecule has 0 amide bonds. The number of rotatable bonds is 6. The van der Waals surface area contributed by atoms with Gasteiger partial charge in [0.1, 0.15) is 12.4 Å². The van der Waals surface area contributed by atoms with Crippen LogP contribution in [0.5, 0.6) is 5.75 Å². The van der Waals surface area contributed by atoms with Gasteiger partial charge in [-0.15, -0.1) is 0 Å². The third kappa shape index (κ3) is 3.80. The van der Waals surface area contributed by atoms with Crippen molar-refractivity contribution in [1.82, 2.24) is 10.3 Å². The van der Waals surface area contributed by atoms with Crippen LogP contribution in [0.1, 0.15) is 24.0 Å². The van der Waals surface area contributed by atoms with Gasteiger partial charge < -0.3 is 10.1 Å². The van der Waals surface area contributed by atoms with Crippen LogP contribution in [0.3, 0.4) is 0 Å². The number of nitrogens with one attached hydrogen (secondary N) is 1. The Morgan fingerprint density at radius 3 is 2.58 bits per heavy atom. The van der Waals surface area contributed by atoms with E-state index in [1.54, 1.807) is 12.4 Å². The van der Waals surface area contributed by atoms with Crippen LogP contribution in [-0.4, -0.2) is 11.0 Å². The van der Waals surface area contributed by atoms with Crippen molar-refractivity contribution in [2.24, 2.45) is 0 Å². The summed E-state index contributed by atoms with van der Waals surface area (Å²) < 4.78 is 5.66. The molecule has 3 rings (SSSR count). The van der Waals surface area contributed by atoms with Gasteiger partial charge in [-0.25, -0.2) is 0 Å². The van der Waals surface area contributed by atoms with E-state index in [-0.39, 0.29) is 0 Å². The molecular formula is C16H18N2O. The molecule has 0 aliphatic heterocycles. The molecule has 19 heavy (non-hydrogen) atoms. The predicted octanol–water partition coefficient (Wildman–Crippen LogP) is 2.91. The molecule has 0 spiro atoms. The van der Waals surface area contributed by atoms with Gasteiger partial charge >= 0.3 is 0 Å². The molecule has 1 fully saturated rings. The second-order valence-electron chi connectivity index (χ2n) is 4.95. The van der Waals surface area contributed by atoms with Crippen molar-refractivity contribution in [1.29, 1.82) is 0 Å². The Labute approximate surface area is 113 Å². The fourth-order valence-electron chi connectivity index (χ4n) is 1.90. The highest BCUT2D eigenvalue weighted by Gasteiger charge is 2.19. The minimum Gasteiger partial charge on any atom is -0.487 e. The van der Waals surface area contributed by atoms with Gasteiger partial charge in [0.05, 0.1) is 6.20 Å². The van der Waals surface area contributed by atoms with Gasteiger partial charge in [0.15, 0.2) is 0 Å². The number of hydrogen-bond acceptors (Lipinski definition) is 3. The average molecular weight is 254 g/mol. The van der Waals surface area contributed by atoms with Crippen molar-refractivity contribution in [3.05, 3.63) is 59.9 Å². The standard InChI is InChI=1S/C16H18N2O/c1-2-16(11-17-9-1)19-12-14-5-3-13(4-6-14)10-18-15-7-8-15/h1-6,9,11,15,18H,7-8,10,12H2. The summed E-state index contributed by atoms with van der Waals surface area (Å²) >= 11 is 0. The van der Waals surface area contributed by atoms with E-state index in [0.29, 0.717) is 6.61 Å². The molecule has 98 valence electrons. The van der Waals surface area contributed by atoms with Gasteiger partial charge in [0.25, 0.3) is 0 Å². The number of pyridine rings is 1. The third-order valence-electron chi connectivity index (χ3n) is 3.24. The SMILES string of the molecule is c1cncc(OCc2ccc(CNC3CC3)cc2)c1. The minimum atomic E-state index is 0.585. The van der Waals surface area contributed by atoms with Gasteiger partial charge in [-0.1, -0.05) is 24.3 Å². The zero-order chi connectivity index (χ0) is 12.9. The van der Waals surface area contributed by atoms with Crippen molar-refractivity contribution in [3.8, 4) is 5.75 Å². The van der Waals surface area contributed by atoms with Gasteiger partial charge in [0.2, 0.25) is 0 Å². The maximum atomic E-state index is 5.66. The summed E-state index contributed by atoms with van der Waals surface area (Å²) in [5, 5.41) is 3.51. The Bertz CT molecular complexity index is 506. The molecule has 0 saturated heterocycles. The van der Waals surface area contributed by atoms with Crippen LogP contribution in [0.2, 0.25) is 0 Å². The molecule has 0 radical (unpaired) electrons. The van der Waals surface area contributed by atoms with Crippen molar-refractivity contribution < 1.29 is 4.74 Å². The highest BCUT2D eigenvalue weighted by atomic mass is 16.5. The number of benzene rings is 1. The molecule has 0 atom stereocenters. The molecule has 1 aromatic heterocycles. The largest absolute Gasteiger partial charge is 0.487 e. The normalized spacial score (nSPS) is 14.3. The highest BCUT2D eigenvalue weighted by Crippen LogP contribution is 2.19. The maximum absolute atomic E-state index is 5.66. The molecule has 1 N–H and O–H groups in total. The summed E-state index contributed by atoms with van der Waals surface area (Å²) in [6.45, 7) is 1.55. The molecule has 1 aromatic carbocycles. The third-order valence-corrected chi connectivity index (χ3v) is 3.24. The van der Waals surface area contributed by atoms with Crippen LogP contribution < -0.4 is 10.1 Å².